The van der Waals surface area contributed by atoms with Gasteiger partial charge in [0.1, 0.15) is 18.4 Å². The van der Waals surface area contributed by atoms with Gasteiger partial charge in [-0.2, -0.15) is 0 Å². The molecule has 0 bridgehead atoms. The van der Waals surface area contributed by atoms with E-state index in [0.29, 0.717) is 29.6 Å². The lowest BCUT2D eigenvalue weighted by Crippen LogP contribution is -2.38. The summed E-state index contributed by atoms with van der Waals surface area (Å²) in [6, 6.07) is 4.37. The highest BCUT2D eigenvalue weighted by molar-refractivity contribution is 5.96. The lowest BCUT2D eigenvalue weighted by Gasteiger charge is -2.13. The van der Waals surface area contributed by atoms with Crippen molar-refractivity contribution in [3.8, 4) is 5.75 Å². The zero-order valence-electron chi connectivity index (χ0n) is 18.2. The van der Waals surface area contributed by atoms with Crippen molar-refractivity contribution in [3.05, 3.63) is 53.0 Å². The van der Waals surface area contributed by atoms with Gasteiger partial charge in [0.05, 0.1) is 33.6 Å². The fraction of sp³-hybridized carbons (Fsp3) is 0.409. The van der Waals surface area contributed by atoms with E-state index in [0.717, 1.165) is 17.6 Å². The average molecular weight is 421 g/mol. The molecule has 8 nitrogen and oxygen atoms in total. The molecule has 166 valence electrons. The lowest BCUT2D eigenvalue weighted by molar-refractivity contribution is -0.118. The van der Waals surface area contributed by atoms with Gasteiger partial charge in [-0.15, -0.1) is 0 Å². The number of aliphatic hydroxyl groups excluding tert-OH is 1. The molecule has 0 heterocycles. The zero-order valence-corrected chi connectivity index (χ0v) is 18.2. The second kappa shape index (κ2) is 13.4. The summed E-state index contributed by atoms with van der Waals surface area (Å²) >= 11 is 0. The van der Waals surface area contributed by atoms with Crippen molar-refractivity contribution < 1.29 is 28.8 Å². The number of nitrogens with one attached hydrogen (secondary N) is 1. The van der Waals surface area contributed by atoms with Crippen molar-refractivity contribution >= 4 is 17.7 Å². The largest absolute Gasteiger partial charge is 0.495 e. The number of rotatable bonds is 12. The van der Waals surface area contributed by atoms with Gasteiger partial charge < -0.3 is 35.1 Å². The van der Waals surface area contributed by atoms with Crippen LogP contribution < -0.4 is 15.8 Å². The van der Waals surface area contributed by atoms with Gasteiger partial charge >= 0.3 is 0 Å². The van der Waals surface area contributed by atoms with Crippen LogP contribution in [0.5, 0.6) is 5.75 Å². The van der Waals surface area contributed by atoms with Crippen LogP contribution in [-0.2, 0) is 19.0 Å². The van der Waals surface area contributed by atoms with Crippen LogP contribution in [-0.4, -0.2) is 58.7 Å². The molecule has 0 fully saturated rings. The first-order valence-electron chi connectivity index (χ1n) is 9.47. The first-order valence-corrected chi connectivity index (χ1v) is 9.47. The lowest BCUT2D eigenvalue weighted by atomic mass is 10.1. The number of methoxy groups -OCH3 is 4. The van der Waals surface area contributed by atoms with Crippen molar-refractivity contribution in [3.63, 3.8) is 0 Å². The van der Waals surface area contributed by atoms with Crippen LogP contribution in [0.4, 0.5) is 5.69 Å². The standard InChI is InChI=1S/C22H32N2O6/c1-6-15(12-20(29-4)21(30-5)14-27-2)7-8-16-9-10-19(28-3)18(11-16)24-22(26)17(23)13-25/h7-12,17,25H,6,13-14,23H2,1-5H3,(H,24,26)/b8-7-,15-12+,21-20-/t17-/m0/s1. The van der Waals surface area contributed by atoms with Crippen LogP contribution in [0, 0.1) is 0 Å². The van der Waals surface area contributed by atoms with Gasteiger partial charge in [0.2, 0.25) is 5.91 Å². The molecular weight excluding hydrogens is 388 g/mol. The normalized spacial score (nSPS) is 13.6. The first kappa shape index (κ1) is 25.2. The molecule has 1 aromatic carbocycles. The van der Waals surface area contributed by atoms with Gasteiger partial charge in [-0.05, 0) is 35.8 Å². The molecule has 0 aromatic heterocycles. The highest BCUT2D eigenvalue weighted by atomic mass is 16.5. The van der Waals surface area contributed by atoms with E-state index in [9.17, 15) is 4.79 Å². The van der Waals surface area contributed by atoms with E-state index in [1.54, 1.807) is 33.5 Å². The molecule has 0 saturated heterocycles. The van der Waals surface area contributed by atoms with Crippen molar-refractivity contribution in [1.29, 1.82) is 0 Å². The topological polar surface area (TPSA) is 112 Å². The predicted molar refractivity (Wildman–Crippen MR) is 117 cm³/mol. The molecule has 1 rings (SSSR count). The molecule has 0 aliphatic carbocycles. The van der Waals surface area contributed by atoms with E-state index in [-0.39, 0.29) is 0 Å². The van der Waals surface area contributed by atoms with Crippen molar-refractivity contribution in [2.75, 3.05) is 47.0 Å². The number of hydrogen-bond donors (Lipinski definition) is 3. The fourth-order valence-corrected chi connectivity index (χ4v) is 2.49. The molecule has 1 aromatic rings. The minimum atomic E-state index is -1.01. The Morgan fingerprint density at radius 1 is 1.23 bits per heavy atom. The van der Waals surface area contributed by atoms with Crippen molar-refractivity contribution in [2.24, 2.45) is 5.73 Å². The van der Waals surface area contributed by atoms with Crippen LogP contribution in [0.2, 0.25) is 0 Å². The maximum atomic E-state index is 12.0. The molecular formula is C22H32N2O6. The van der Waals surface area contributed by atoms with E-state index >= 15 is 0 Å². The fourth-order valence-electron chi connectivity index (χ4n) is 2.49. The molecule has 1 atom stereocenters. The highest BCUT2D eigenvalue weighted by Crippen LogP contribution is 2.26. The minimum absolute atomic E-state index is 0.300. The summed E-state index contributed by atoms with van der Waals surface area (Å²) in [6.45, 7) is 1.89. The number of anilines is 1. The van der Waals surface area contributed by atoms with E-state index in [1.165, 1.54) is 7.11 Å². The number of benzene rings is 1. The van der Waals surface area contributed by atoms with Gasteiger partial charge in [0.15, 0.2) is 11.5 Å². The van der Waals surface area contributed by atoms with Crippen molar-refractivity contribution in [1.82, 2.24) is 0 Å². The third-order valence-corrected chi connectivity index (χ3v) is 4.25. The summed E-state index contributed by atoms with van der Waals surface area (Å²) < 4.78 is 21.2. The Kier molecular flexibility index (Phi) is 11.3. The molecule has 8 heteroatoms. The number of ether oxygens (including phenoxy) is 4. The highest BCUT2D eigenvalue weighted by Gasteiger charge is 2.14. The second-order valence-corrected chi connectivity index (χ2v) is 6.27. The Bertz CT molecular complexity index is 786. The van der Waals surface area contributed by atoms with Gasteiger partial charge in [0.25, 0.3) is 0 Å². The first-order chi connectivity index (χ1) is 14.4. The van der Waals surface area contributed by atoms with Crippen LogP contribution in [0.3, 0.4) is 0 Å². The molecule has 0 saturated carbocycles. The van der Waals surface area contributed by atoms with E-state index in [4.69, 9.17) is 29.8 Å². The molecule has 0 spiro atoms. The molecule has 30 heavy (non-hydrogen) atoms. The average Bonchev–Trinajstić information content (AvgIpc) is 2.77. The number of amides is 1. The number of aliphatic hydroxyl groups is 1. The van der Waals surface area contributed by atoms with Gasteiger partial charge in [-0.3, -0.25) is 4.79 Å². The molecule has 1 amide bonds. The number of carbonyl (C=O) groups is 1. The predicted octanol–water partition coefficient (Wildman–Crippen LogP) is 2.45. The Balaban J connectivity index is 3.17. The molecule has 4 N–H and O–H groups in total. The van der Waals surface area contributed by atoms with E-state index < -0.39 is 18.6 Å². The van der Waals surface area contributed by atoms with Crippen molar-refractivity contribution in [2.45, 2.75) is 19.4 Å². The molecule has 0 unspecified atom stereocenters. The third kappa shape index (κ3) is 7.55. The van der Waals surface area contributed by atoms with Gasteiger partial charge in [0, 0.05) is 7.11 Å². The maximum absolute atomic E-state index is 12.0. The van der Waals surface area contributed by atoms with E-state index in [2.05, 4.69) is 5.32 Å². The Morgan fingerprint density at radius 2 is 1.97 bits per heavy atom. The Hall–Kier alpha value is -2.81. The van der Waals surface area contributed by atoms with Gasteiger partial charge in [-0.25, -0.2) is 0 Å². The summed E-state index contributed by atoms with van der Waals surface area (Å²) in [5.41, 5.74) is 7.88. The quantitative estimate of drug-likeness (QED) is 0.352. The zero-order chi connectivity index (χ0) is 22.5. The van der Waals surface area contributed by atoms with E-state index in [1.807, 2.05) is 31.2 Å². The minimum Gasteiger partial charge on any atom is -0.495 e. The number of nitrogens with two attached hydrogens (primary N) is 1. The summed E-state index contributed by atoms with van der Waals surface area (Å²) in [7, 11) is 6.24. The third-order valence-electron chi connectivity index (χ3n) is 4.25. The molecule has 0 radical (unpaired) electrons. The number of allylic oxidation sites excluding steroid dienone is 3. The molecule has 0 aliphatic rings. The Labute approximate surface area is 178 Å². The van der Waals surface area contributed by atoms with Crippen LogP contribution >= 0.6 is 0 Å². The smallest absolute Gasteiger partial charge is 0.243 e. The summed E-state index contributed by atoms with van der Waals surface area (Å²) in [5.74, 6) is 1.17. The summed E-state index contributed by atoms with van der Waals surface area (Å²) in [6.07, 6.45) is 6.51. The maximum Gasteiger partial charge on any atom is 0.243 e. The summed E-state index contributed by atoms with van der Waals surface area (Å²) in [5, 5.41) is 11.7. The van der Waals surface area contributed by atoms with Crippen LogP contribution in [0.15, 0.2) is 47.4 Å². The van der Waals surface area contributed by atoms with Crippen LogP contribution in [0.25, 0.3) is 6.08 Å². The molecule has 0 aliphatic heterocycles. The monoisotopic (exact) mass is 420 g/mol. The van der Waals surface area contributed by atoms with Gasteiger partial charge in [-0.1, -0.05) is 25.1 Å². The summed E-state index contributed by atoms with van der Waals surface area (Å²) in [4.78, 5) is 12.0. The second-order valence-electron chi connectivity index (χ2n) is 6.27. The number of hydrogen-bond acceptors (Lipinski definition) is 7. The Morgan fingerprint density at radius 3 is 2.50 bits per heavy atom. The van der Waals surface area contributed by atoms with Crippen LogP contribution in [0.1, 0.15) is 18.9 Å². The number of carbonyl (C=O) groups excluding carboxylic acids is 1. The SMILES string of the molecule is CCC(/C=C\c1ccc(OC)c(NC(=O)[C@@H](N)CO)c1)=C\C(OC)=C(/COC)OC.